The lowest BCUT2D eigenvalue weighted by molar-refractivity contribution is 0.122. The van der Waals surface area contributed by atoms with E-state index >= 15 is 0 Å². The van der Waals surface area contributed by atoms with Crippen molar-refractivity contribution in [3.05, 3.63) is 24.0 Å². The number of pyridine rings is 1. The summed E-state index contributed by atoms with van der Waals surface area (Å²) in [6.07, 6.45) is 2.02. The zero-order chi connectivity index (χ0) is 15.1. The monoisotopic (exact) mass is 300 g/mol. The fourth-order valence-corrected chi connectivity index (χ4v) is 3.52. The molecule has 2 aromatic rings. The number of nitrogens with zero attached hydrogens (tertiary/aromatic N) is 4. The first-order valence-corrected chi connectivity index (χ1v) is 8.27. The summed E-state index contributed by atoms with van der Waals surface area (Å²) in [4.78, 5) is 9.65. The lowest BCUT2D eigenvalue weighted by Gasteiger charge is -2.31. The quantitative estimate of drug-likeness (QED) is 0.850. The summed E-state index contributed by atoms with van der Waals surface area (Å²) < 4.78 is 7.82. The summed E-state index contributed by atoms with van der Waals surface area (Å²) in [6, 6.07) is 5.21. The largest absolute Gasteiger partial charge is 0.378 e. The van der Waals surface area contributed by atoms with Gasteiger partial charge in [-0.15, -0.1) is 0 Å². The molecular formula is C17H24N4O. The summed E-state index contributed by atoms with van der Waals surface area (Å²) in [6.45, 7) is 11.3. The Morgan fingerprint density at radius 3 is 2.68 bits per heavy atom. The molecule has 0 unspecified atom stereocenters. The summed E-state index contributed by atoms with van der Waals surface area (Å²) in [5.74, 6) is 0. The molecule has 4 heterocycles. The fourth-order valence-electron chi connectivity index (χ4n) is 3.52. The van der Waals surface area contributed by atoms with Gasteiger partial charge in [0.1, 0.15) is 5.65 Å². The maximum atomic E-state index is 5.44. The number of anilines is 1. The van der Waals surface area contributed by atoms with Crippen LogP contribution in [0, 0.1) is 0 Å². The second-order valence-electron chi connectivity index (χ2n) is 6.56. The van der Waals surface area contributed by atoms with Gasteiger partial charge in [-0.25, -0.2) is 4.98 Å². The molecule has 0 spiro atoms. The molecule has 0 atom stereocenters. The predicted octanol–water partition coefficient (Wildman–Crippen LogP) is 2.10. The van der Waals surface area contributed by atoms with Crippen LogP contribution in [0.5, 0.6) is 0 Å². The first-order chi connectivity index (χ1) is 10.7. The van der Waals surface area contributed by atoms with Crippen molar-refractivity contribution >= 4 is 16.7 Å². The zero-order valence-electron chi connectivity index (χ0n) is 13.5. The SMILES string of the molecule is CC(C)N1CCn2c(cc3cc(N4CCOCC4)cnc32)C1. The molecule has 2 aliphatic heterocycles. The normalized spacial score (nSPS) is 19.9. The van der Waals surface area contributed by atoms with Gasteiger partial charge < -0.3 is 14.2 Å². The molecule has 22 heavy (non-hydrogen) atoms. The van der Waals surface area contributed by atoms with E-state index in [-0.39, 0.29) is 0 Å². The smallest absolute Gasteiger partial charge is 0.140 e. The van der Waals surface area contributed by atoms with E-state index in [1.165, 1.54) is 16.8 Å². The van der Waals surface area contributed by atoms with E-state index in [2.05, 4.69) is 40.3 Å². The standard InChI is InChI=1S/C17H24N4O/c1-13(2)20-3-4-21-16(12-20)10-14-9-15(11-18-17(14)21)19-5-7-22-8-6-19/h9-11,13H,3-8,12H2,1-2H3. The molecule has 4 rings (SSSR count). The number of fused-ring (bicyclic) bond motifs is 3. The molecule has 0 aliphatic carbocycles. The molecule has 1 saturated heterocycles. The van der Waals surface area contributed by atoms with Gasteiger partial charge in [0.25, 0.3) is 0 Å². The first kappa shape index (κ1) is 14.0. The van der Waals surface area contributed by atoms with Crippen LogP contribution in [0.1, 0.15) is 19.5 Å². The Kier molecular flexibility index (Phi) is 3.54. The molecule has 5 heteroatoms. The number of morpholine rings is 1. The van der Waals surface area contributed by atoms with Crippen LogP contribution in [-0.2, 0) is 17.8 Å². The van der Waals surface area contributed by atoms with Crippen molar-refractivity contribution in [3.8, 4) is 0 Å². The number of hydrogen-bond donors (Lipinski definition) is 0. The molecule has 2 aromatic heterocycles. The molecular weight excluding hydrogens is 276 g/mol. The lowest BCUT2D eigenvalue weighted by Crippen LogP contribution is -2.38. The van der Waals surface area contributed by atoms with Gasteiger partial charge in [-0.05, 0) is 26.0 Å². The van der Waals surface area contributed by atoms with Gasteiger partial charge in [0.2, 0.25) is 0 Å². The summed E-state index contributed by atoms with van der Waals surface area (Å²) in [5.41, 5.74) is 3.75. The molecule has 118 valence electrons. The Morgan fingerprint density at radius 1 is 1.09 bits per heavy atom. The van der Waals surface area contributed by atoms with Crippen molar-refractivity contribution in [1.82, 2.24) is 14.5 Å². The van der Waals surface area contributed by atoms with Crippen LogP contribution in [0.4, 0.5) is 5.69 Å². The maximum Gasteiger partial charge on any atom is 0.140 e. The van der Waals surface area contributed by atoms with Crippen LogP contribution in [0.2, 0.25) is 0 Å². The number of rotatable bonds is 2. The van der Waals surface area contributed by atoms with E-state index in [4.69, 9.17) is 9.72 Å². The van der Waals surface area contributed by atoms with Gasteiger partial charge in [-0.3, -0.25) is 4.90 Å². The summed E-state index contributed by atoms with van der Waals surface area (Å²) >= 11 is 0. The molecule has 0 bridgehead atoms. The Hall–Kier alpha value is -1.59. The van der Waals surface area contributed by atoms with Crippen LogP contribution >= 0.6 is 0 Å². The molecule has 0 amide bonds. The van der Waals surface area contributed by atoms with E-state index in [1.54, 1.807) is 0 Å². The van der Waals surface area contributed by atoms with E-state index in [0.29, 0.717) is 6.04 Å². The third-order valence-electron chi connectivity index (χ3n) is 4.89. The molecule has 1 fully saturated rings. The highest BCUT2D eigenvalue weighted by atomic mass is 16.5. The molecule has 0 N–H and O–H groups in total. The molecule has 0 aromatic carbocycles. The molecule has 2 aliphatic rings. The van der Waals surface area contributed by atoms with Crippen molar-refractivity contribution in [2.75, 3.05) is 37.7 Å². The Morgan fingerprint density at radius 2 is 1.91 bits per heavy atom. The van der Waals surface area contributed by atoms with Crippen LogP contribution in [0.15, 0.2) is 18.3 Å². The maximum absolute atomic E-state index is 5.44. The van der Waals surface area contributed by atoms with Crippen molar-refractivity contribution in [2.24, 2.45) is 0 Å². The number of ether oxygens (including phenoxy) is 1. The van der Waals surface area contributed by atoms with Gasteiger partial charge in [0.05, 0.1) is 25.1 Å². The zero-order valence-corrected chi connectivity index (χ0v) is 13.5. The fraction of sp³-hybridized carbons (Fsp3) is 0.588. The third kappa shape index (κ3) is 2.38. The van der Waals surface area contributed by atoms with Gasteiger partial charge in [-0.2, -0.15) is 0 Å². The Bertz CT molecular complexity index is 673. The van der Waals surface area contributed by atoms with Crippen molar-refractivity contribution in [3.63, 3.8) is 0 Å². The van der Waals surface area contributed by atoms with Crippen molar-refractivity contribution in [1.29, 1.82) is 0 Å². The highest BCUT2D eigenvalue weighted by Gasteiger charge is 2.21. The van der Waals surface area contributed by atoms with E-state index < -0.39 is 0 Å². The second-order valence-corrected chi connectivity index (χ2v) is 6.56. The van der Waals surface area contributed by atoms with Crippen molar-refractivity contribution < 1.29 is 4.74 Å². The van der Waals surface area contributed by atoms with E-state index in [9.17, 15) is 0 Å². The molecule has 0 saturated carbocycles. The van der Waals surface area contributed by atoms with Gasteiger partial charge in [0, 0.05) is 49.8 Å². The highest BCUT2D eigenvalue weighted by Crippen LogP contribution is 2.27. The third-order valence-corrected chi connectivity index (χ3v) is 4.89. The molecule has 5 nitrogen and oxygen atoms in total. The van der Waals surface area contributed by atoms with Crippen LogP contribution in [-0.4, -0.2) is 53.3 Å². The Labute approximate surface area is 131 Å². The highest BCUT2D eigenvalue weighted by molar-refractivity contribution is 5.81. The van der Waals surface area contributed by atoms with Crippen LogP contribution < -0.4 is 4.90 Å². The minimum absolute atomic E-state index is 0.601. The van der Waals surface area contributed by atoms with E-state index in [0.717, 1.165) is 51.6 Å². The van der Waals surface area contributed by atoms with Crippen LogP contribution in [0.25, 0.3) is 11.0 Å². The summed E-state index contributed by atoms with van der Waals surface area (Å²) in [5, 5.41) is 1.27. The van der Waals surface area contributed by atoms with Crippen LogP contribution in [0.3, 0.4) is 0 Å². The van der Waals surface area contributed by atoms with Gasteiger partial charge in [-0.1, -0.05) is 0 Å². The van der Waals surface area contributed by atoms with Gasteiger partial charge >= 0.3 is 0 Å². The minimum Gasteiger partial charge on any atom is -0.378 e. The predicted molar refractivity (Wildman–Crippen MR) is 88.3 cm³/mol. The summed E-state index contributed by atoms with van der Waals surface area (Å²) in [7, 11) is 0. The molecule has 0 radical (unpaired) electrons. The van der Waals surface area contributed by atoms with Crippen molar-refractivity contribution in [2.45, 2.75) is 33.0 Å². The van der Waals surface area contributed by atoms with Gasteiger partial charge in [0.15, 0.2) is 0 Å². The average molecular weight is 300 g/mol. The second kappa shape index (κ2) is 5.56. The Balaban J connectivity index is 1.67. The van der Waals surface area contributed by atoms with E-state index in [1.807, 2.05) is 6.20 Å². The first-order valence-electron chi connectivity index (χ1n) is 8.27. The average Bonchev–Trinajstić information content (AvgIpc) is 2.92. The number of hydrogen-bond acceptors (Lipinski definition) is 4. The number of aromatic nitrogens is 2. The minimum atomic E-state index is 0.601. The lowest BCUT2D eigenvalue weighted by atomic mass is 10.2. The topological polar surface area (TPSA) is 33.5 Å².